The number of methoxy groups -OCH3 is 2. The van der Waals surface area contributed by atoms with Gasteiger partial charge in [0.2, 0.25) is 6.79 Å². The van der Waals surface area contributed by atoms with Crippen molar-refractivity contribution in [2.45, 2.75) is 11.4 Å². The van der Waals surface area contributed by atoms with Gasteiger partial charge in [0.15, 0.2) is 23.0 Å². The van der Waals surface area contributed by atoms with E-state index in [1.165, 1.54) is 11.8 Å². The van der Waals surface area contributed by atoms with E-state index in [2.05, 4.69) is 10.6 Å². The summed E-state index contributed by atoms with van der Waals surface area (Å²) in [5, 5.41) is 5.78. The molecule has 2 N–H and O–H groups in total. The van der Waals surface area contributed by atoms with E-state index >= 15 is 0 Å². The minimum atomic E-state index is -0.241. The third-order valence-electron chi connectivity index (χ3n) is 5.53. The van der Waals surface area contributed by atoms with E-state index in [1.807, 2.05) is 36.4 Å². The molecule has 3 aromatic carbocycles. The van der Waals surface area contributed by atoms with Crippen molar-refractivity contribution >= 4 is 35.3 Å². The fourth-order valence-corrected chi connectivity index (χ4v) is 4.66. The van der Waals surface area contributed by atoms with Crippen molar-refractivity contribution in [1.82, 2.24) is 5.32 Å². The van der Waals surface area contributed by atoms with E-state index in [0.29, 0.717) is 45.7 Å². The first-order chi connectivity index (χ1) is 17.0. The molecule has 0 unspecified atom stereocenters. The van der Waals surface area contributed by atoms with Gasteiger partial charge in [-0.2, -0.15) is 0 Å². The number of carbonyl (C=O) groups excluding carboxylic acids is 2. The molecule has 178 valence electrons. The summed E-state index contributed by atoms with van der Waals surface area (Å²) in [4.78, 5) is 26.8. The largest absolute Gasteiger partial charge is 0.493 e. The smallest absolute Gasteiger partial charge is 0.262 e. The number of hydrogen-bond donors (Lipinski definition) is 2. The molecule has 0 aromatic heterocycles. The summed E-state index contributed by atoms with van der Waals surface area (Å²) in [5.41, 5.74) is 2.76. The van der Waals surface area contributed by atoms with Crippen molar-refractivity contribution in [2.75, 3.05) is 26.3 Å². The molecule has 0 bridgehead atoms. The van der Waals surface area contributed by atoms with Crippen molar-refractivity contribution in [3.63, 3.8) is 0 Å². The van der Waals surface area contributed by atoms with Gasteiger partial charge in [-0.05, 0) is 59.7 Å². The van der Waals surface area contributed by atoms with Crippen molar-refractivity contribution < 1.29 is 28.5 Å². The molecule has 2 aliphatic heterocycles. The minimum absolute atomic E-state index is 0.204. The van der Waals surface area contributed by atoms with Crippen LogP contribution in [0.5, 0.6) is 23.0 Å². The van der Waals surface area contributed by atoms with Crippen LogP contribution in [0.3, 0.4) is 0 Å². The monoisotopic (exact) mass is 490 g/mol. The Hall–Kier alpha value is -4.11. The van der Waals surface area contributed by atoms with Crippen LogP contribution < -0.4 is 29.6 Å². The Kier molecular flexibility index (Phi) is 6.24. The van der Waals surface area contributed by atoms with E-state index in [9.17, 15) is 9.59 Å². The summed E-state index contributed by atoms with van der Waals surface area (Å²) < 4.78 is 21.3. The molecule has 2 aliphatic rings. The average Bonchev–Trinajstić information content (AvgIpc) is 3.35. The number of fused-ring (bicyclic) bond motifs is 2. The highest BCUT2D eigenvalue weighted by Crippen LogP contribution is 2.40. The summed E-state index contributed by atoms with van der Waals surface area (Å²) in [5.74, 6) is 2.08. The summed E-state index contributed by atoms with van der Waals surface area (Å²) in [7, 11) is 3.14. The van der Waals surface area contributed by atoms with Crippen molar-refractivity contribution in [2.24, 2.45) is 0 Å². The van der Waals surface area contributed by atoms with E-state index in [-0.39, 0.29) is 18.6 Å². The number of amides is 2. The fourth-order valence-electron chi connectivity index (χ4n) is 3.73. The Balaban J connectivity index is 1.28. The average molecular weight is 491 g/mol. The van der Waals surface area contributed by atoms with Crippen LogP contribution >= 0.6 is 11.8 Å². The van der Waals surface area contributed by atoms with Gasteiger partial charge in [-0.25, -0.2) is 0 Å². The summed E-state index contributed by atoms with van der Waals surface area (Å²) in [6, 6.07) is 16.3. The molecule has 8 nitrogen and oxygen atoms in total. The standard InChI is InChI=1S/C26H22N2O6S/c1-31-19-6-3-15(9-21(19)32-2)11-24-26(30)28-18-12-17(5-8-23(18)35-24)25(29)27-13-16-4-7-20-22(10-16)34-14-33-20/h3-12H,13-14H2,1-2H3,(H,27,29)(H,28,30)/b24-11+. The van der Waals surface area contributed by atoms with E-state index in [4.69, 9.17) is 18.9 Å². The van der Waals surface area contributed by atoms with Crippen LogP contribution in [0.2, 0.25) is 0 Å². The number of hydrogen-bond acceptors (Lipinski definition) is 7. The van der Waals surface area contributed by atoms with E-state index < -0.39 is 0 Å². The van der Waals surface area contributed by atoms with Crippen molar-refractivity contribution in [1.29, 1.82) is 0 Å². The van der Waals surface area contributed by atoms with Crippen LogP contribution in [0.4, 0.5) is 5.69 Å². The Morgan fingerprint density at radius 3 is 2.69 bits per heavy atom. The lowest BCUT2D eigenvalue weighted by atomic mass is 10.1. The van der Waals surface area contributed by atoms with Crippen LogP contribution in [-0.2, 0) is 11.3 Å². The lowest BCUT2D eigenvalue weighted by Crippen LogP contribution is -2.23. The number of carbonyl (C=O) groups is 2. The zero-order valence-electron chi connectivity index (χ0n) is 19.0. The lowest BCUT2D eigenvalue weighted by molar-refractivity contribution is -0.112. The van der Waals surface area contributed by atoms with Gasteiger partial charge < -0.3 is 29.6 Å². The molecule has 0 radical (unpaired) electrons. The molecule has 0 atom stereocenters. The van der Waals surface area contributed by atoms with Gasteiger partial charge >= 0.3 is 0 Å². The molecular weight excluding hydrogens is 468 g/mol. The minimum Gasteiger partial charge on any atom is -0.493 e. The molecule has 0 spiro atoms. The molecule has 2 amide bonds. The molecule has 0 fully saturated rings. The second kappa shape index (κ2) is 9.63. The number of nitrogens with one attached hydrogen (secondary N) is 2. The zero-order valence-corrected chi connectivity index (χ0v) is 19.9. The van der Waals surface area contributed by atoms with Crippen LogP contribution in [0, 0.1) is 0 Å². The fraction of sp³-hybridized carbons (Fsp3) is 0.154. The predicted octanol–water partition coefficient (Wildman–Crippen LogP) is 4.45. The molecule has 0 saturated carbocycles. The Morgan fingerprint density at radius 2 is 1.86 bits per heavy atom. The molecule has 5 rings (SSSR count). The molecular formula is C26H22N2O6S. The van der Waals surface area contributed by atoms with Gasteiger partial charge in [-0.15, -0.1) is 0 Å². The maximum Gasteiger partial charge on any atom is 0.262 e. The van der Waals surface area contributed by atoms with Gasteiger partial charge in [0.1, 0.15) is 0 Å². The van der Waals surface area contributed by atoms with Crippen LogP contribution in [0.25, 0.3) is 6.08 Å². The summed E-state index contributed by atoms with van der Waals surface area (Å²) in [6.45, 7) is 0.543. The summed E-state index contributed by atoms with van der Waals surface area (Å²) in [6.07, 6.45) is 1.79. The molecule has 35 heavy (non-hydrogen) atoms. The molecule has 9 heteroatoms. The van der Waals surface area contributed by atoms with Crippen molar-refractivity contribution in [3.8, 4) is 23.0 Å². The Labute approximate surface area is 206 Å². The topological polar surface area (TPSA) is 95.1 Å². The molecule has 0 saturated heterocycles. The number of benzene rings is 3. The van der Waals surface area contributed by atoms with Gasteiger partial charge in [-0.1, -0.05) is 23.9 Å². The zero-order chi connectivity index (χ0) is 24.4. The van der Waals surface area contributed by atoms with E-state index in [0.717, 1.165) is 16.0 Å². The third-order valence-corrected chi connectivity index (χ3v) is 6.63. The van der Waals surface area contributed by atoms with Crippen LogP contribution in [0.1, 0.15) is 21.5 Å². The Morgan fingerprint density at radius 1 is 1.03 bits per heavy atom. The van der Waals surface area contributed by atoms with Crippen LogP contribution in [-0.4, -0.2) is 32.8 Å². The molecule has 2 heterocycles. The molecule has 0 aliphatic carbocycles. The predicted molar refractivity (Wildman–Crippen MR) is 132 cm³/mol. The number of thioether (sulfide) groups is 1. The number of ether oxygens (including phenoxy) is 4. The quantitative estimate of drug-likeness (QED) is 0.493. The number of rotatable bonds is 6. The second-order valence-corrected chi connectivity index (χ2v) is 8.84. The first kappa shape index (κ1) is 22.7. The highest BCUT2D eigenvalue weighted by molar-refractivity contribution is 8.04. The maximum absolute atomic E-state index is 12.7. The van der Waals surface area contributed by atoms with Crippen molar-refractivity contribution in [3.05, 3.63) is 76.2 Å². The summed E-state index contributed by atoms with van der Waals surface area (Å²) >= 11 is 1.34. The SMILES string of the molecule is COc1ccc(/C=C2/Sc3ccc(C(=O)NCc4ccc5c(c4)OCO5)cc3NC2=O)cc1OC. The van der Waals surface area contributed by atoms with E-state index in [1.54, 1.807) is 38.5 Å². The highest BCUT2D eigenvalue weighted by atomic mass is 32.2. The highest BCUT2D eigenvalue weighted by Gasteiger charge is 2.23. The molecule has 3 aromatic rings. The van der Waals surface area contributed by atoms with Crippen LogP contribution in [0.15, 0.2) is 64.4 Å². The Bertz CT molecular complexity index is 1350. The normalized spacial score (nSPS) is 14.8. The third kappa shape index (κ3) is 4.76. The van der Waals surface area contributed by atoms with Gasteiger partial charge in [-0.3, -0.25) is 9.59 Å². The first-order valence-corrected chi connectivity index (χ1v) is 11.6. The van der Waals surface area contributed by atoms with Gasteiger partial charge in [0.05, 0.1) is 24.8 Å². The maximum atomic E-state index is 12.7. The second-order valence-electron chi connectivity index (χ2n) is 7.76. The number of anilines is 1. The first-order valence-electron chi connectivity index (χ1n) is 10.8. The van der Waals surface area contributed by atoms with Gasteiger partial charge in [0.25, 0.3) is 11.8 Å². The van der Waals surface area contributed by atoms with Gasteiger partial charge in [0, 0.05) is 17.0 Å². The lowest BCUT2D eigenvalue weighted by Gasteiger charge is -2.19.